The Kier molecular flexibility index (Phi) is 5.55. The molecule has 0 bridgehead atoms. The maximum absolute atomic E-state index is 12.8. The van der Waals surface area contributed by atoms with Crippen LogP contribution in [0.5, 0.6) is 0 Å². The van der Waals surface area contributed by atoms with Crippen LogP contribution in [0.2, 0.25) is 0 Å². The molecule has 0 unspecified atom stereocenters. The number of alkyl halides is 3. The predicted molar refractivity (Wildman–Crippen MR) is 83.4 cm³/mol. The molecule has 0 aromatic heterocycles. The molecule has 1 aliphatic carbocycles. The van der Waals surface area contributed by atoms with E-state index in [4.69, 9.17) is 0 Å². The predicted octanol–water partition coefficient (Wildman–Crippen LogP) is 4.50. The maximum atomic E-state index is 12.8. The Labute approximate surface area is 140 Å². The second kappa shape index (κ2) is 7.45. The number of hydrogen-bond acceptors (Lipinski definition) is 6. The van der Waals surface area contributed by atoms with Crippen LogP contribution in [0.25, 0.3) is 0 Å². The first-order chi connectivity index (χ1) is 11.7. The molecule has 1 aromatic carbocycles. The van der Waals surface area contributed by atoms with Crippen LogP contribution in [0.1, 0.15) is 37.7 Å². The van der Waals surface area contributed by atoms with Crippen LogP contribution in [0, 0.1) is 26.1 Å². The average molecular weight is 360 g/mol. The minimum absolute atomic E-state index is 0.133. The standard InChI is InChI=1S/C14H15F3N4O4/c15-14(16,17)10-6-11(20(22)23)13(12(7-10)21(24)25)19-18-8-9-4-2-1-3-5-9/h6-9,19H,1-5H2/b18-8-. The number of anilines is 1. The van der Waals surface area contributed by atoms with Gasteiger partial charge in [0.1, 0.15) is 0 Å². The second-order valence-corrected chi connectivity index (χ2v) is 5.69. The Bertz CT molecular complexity index is 665. The Morgan fingerprint density at radius 1 is 1.08 bits per heavy atom. The summed E-state index contributed by atoms with van der Waals surface area (Å²) < 4.78 is 38.4. The zero-order chi connectivity index (χ0) is 18.6. The van der Waals surface area contributed by atoms with Gasteiger partial charge in [0.15, 0.2) is 0 Å². The number of nitrogens with zero attached hydrogens (tertiary/aromatic N) is 3. The average Bonchev–Trinajstić information content (AvgIpc) is 2.54. The zero-order valence-corrected chi connectivity index (χ0v) is 13.0. The van der Waals surface area contributed by atoms with Crippen molar-refractivity contribution in [2.45, 2.75) is 38.3 Å². The Morgan fingerprint density at radius 2 is 1.60 bits per heavy atom. The van der Waals surface area contributed by atoms with Crippen LogP contribution in [-0.2, 0) is 6.18 Å². The normalized spacial score (nSPS) is 16.1. The van der Waals surface area contributed by atoms with Gasteiger partial charge in [0.2, 0.25) is 5.69 Å². The van der Waals surface area contributed by atoms with Gasteiger partial charge in [0.25, 0.3) is 0 Å². The molecule has 0 heterocycles. The highest BCUT2D eigenvalue weighted by atomic mass is 19.4. The highest BCUT2D eigenvalue weighted by Crippen LogP contribution is 2.41. The summed E-state index contributed by atoms with van der Waals surface area (Å²) in [5.74, 6) is 0.133. The molecule has 0 saturated heterocycles. The van der Waals surface area contributed by atoms with Gasteiger partial charge in [-0.1, -0.05) is 19.3 Å². The number of hydrazone groups is 1. The summed E-state index contributed by atoms with van der Waals surface area (Å²) in [7, 11) is 0. The van der Waals surface area contributed by atoms with Crippen molar-refractivity contribution in [1.29, 1.82) is 0 Å². The first kappa shape index (κ1) is 18.6. The van der Waals surface area contributed by atoms with Crippen LogP contribution < -0.4 is 5.43 Å². The van der Waals surface area contributed by atoms with Gasteiger partial charge in [-0.05, 0) is 18.8 Å². The molecule has 0 aliphatic heterocycles. The van der Waals surface area contributed by atoms with Crippen molar-refractivity contribution < 1.29 is 23.0 Å². The van der Waals surface area contributed by atoms with E-state index < -0.39 is 38.6 Å². The van der Waals surface area contributed by atoms with Gasteiger partial charge in [-0.15, -0.1) is 0 Å². The van der Waals surface area contributed by atoms with Gasteiger partial charge >= 0.3 is 17.6 Å². The third kappa shape index (κ3) is 4.64. The molecule has 1 aliphatic rings. The topological polar surface area (TPSA) is 111 Å². The number of hydrogen-bond donors (Lipinski definition) is 1. The van der Waals surface area contributed by atoms with Crippen molar-refractivity contribution in [3.05, 3.63) is 37.9 Å². The smallest absolute Gasteiger partial charge is 0.266 e. The van der Waals surface area contributed by atoms with Crippen molar-refractivity contribution in [2.75, 3.05) is 5.43 Å². The molecule has 11 heteroatoms. The SMILES string of the molecule is O=[N+]([O-])c1cc(C(F)(F)F)cc([N+](=O)[O-])c1N/N=C\C1CCCCC1. The van der Waals surface area contributed by atoms with Gasteiger partial charge < -0.3 is 0 Å². The molecule has 1 saturated carbocycles. The number of nitrogens with one attached hydrogen (secondary N) is 1. The van der Waals surface area contributed by atoms with Crippen LogP contribution in [0.15, 0.2) is 17.2 Å². The largest absolute Gasteiger partial charge is 0.416 e. The monoisotopic (exact) mass is 360 g/mol. The molecule has 0 atom stereocenters. The fraction of sp³-hybridized carbons (Fsp3) is 0.500. The van der Waals surface area contributed by atoms with Gasteiger partial charge in [-0.25, -0.2) is 0 Å². The zero-order valence-electron chi connectivity index (χ0n) is 13.0. The summed E-state index contributed by atoms with van der Waals surface area (Å²) >= 11 is 0. The molecular weight excluding hydrogens is 345 g/mol. The number of nitro groups is 2. The number of nitro benzene ring substituents is 2. The molecular formula is C14H15F3N4O4. The summed E-state index contributed by atoms with van der Waals surface area (Å²) in [4.78, 5) is 19.9. The van der Waals surface area contributed by atoms with Gasteiger partial charge in [0, 0.05) is 18.3 Å². The molecule has 8 nitrogen and oxygen atoms in total. The van der Waals surface area contributed by atoms with E-state index in [1.807, 2.05) is 0 Å². The van der Waals surface area contributed by atoms with Crippen LogP contribution in [0.3, 0.4) is 0 Å². The van der Waals surface area contributed by atoms with E-state index in [1.54, 1.807) is 0 Å². The van der Waals surface area contributed by atoms with E-state index in [-0.39, 0.29) is 18.1 Å². The van der Waals surface area contributed by atoms with Crippen molar-refractivity contribution >= 4 is 23.3 Å². The Morgan fingerprint density at radius 3 is 2.04 bits per heavy atom. The minimum Gasteiger partial charge on any atom is -0.266 e. The highest BCUT2D eigenvalue weighted by molar-refractivity contribution is 5.76. The summed E-state index contributed by atoms with van der Waals surface area (Å²) in [6, 6.07) is 0.511. The van der Waals surface area contributed by atoms with Gasteiger partial charge in [-0.3, -0.25) is 25.7 Å². The summed E-state index contributed by atoms with van der Waals surface area (Å²) in [5.41, 5.74) is -2.05. The van der Waals surface area contributed by atoms with E-state index in [0.717, 1.165) is 32.1 Å². The van der Waals surface area contributed by atoms with E-state index in [0.29, 0.717) is 0 Å². The minimum atomic E-state index is -4.95. The molecule has 1 aromatic rings. The molecule has 0 amide bonds. The van der Waals surface area contributed by atoms with Crippen LogP contribution in [-0.4, -0.2) is 16.1 Å². The van der Waals surface area contributed by atoms with Gasteiger partial charge in [0.05, 0.1) is 15.4 Å². The van der Waals surface area contributed by atoms with E-state index in [1.165, 1.54) is 6.21 Å². The van der Waals surface area contributed by atoms with Crippen molar-refractivity contribution in [1.82, 2.24) is 0 Å². The first-order valence-electron chi connectivity index (χ1n) is 7.53. The molecule has 1 fully saturated rings. The maximum Gasteiger partial charge on any atom is 0.416 e. The molecule has 2 rings (SSSR count). The van der Waals surface area contributed by atoms with E-state index in [9.17, 15) is 33.4 Å². The van der Waals surface area contributed by atoms with Crippen LogP contribution in [0.4, 0.5) is 30.2 Å². The molecule has 0 radical (unpaired) electrons. The lowest BCUT2D eigenvalue weighted by molar-refractivity contribution is -0.392. The lowest BCUT2D eigenvalue weighted by Gasteiger charge is -2.16. The molecule has 1 N–H and O–H groups in total. The van der Waals surface area contributed by atoms with Crippen molar-refractivity contribution in [3.8, 4) is 0 Å². The fourth-order valence-electron chi connectivity index (χ4n) is 2.67. The van der Waals surface area contributed by atoms with Crippen LogP contribution >= 0.6 is 0 Å². The van der Waals surface area contributed by atoms with Gasteiger partial charge in [-0.2, -0.15) is 18.3 Å². The van der Waals surface area contributed by atoms with E-state index >= 15 is 0 Å². The highest BCUT2D eigenvalue weighted by Gasteiger charge is 2.37. The number of rotatable bonds is 5. The quantitative estimate of drug-likeness (QED) is 0.472. The molecule has 25 heavy (non-hydrogen) atoms. The second-order valence-electron chi connectivity index (χ2n) is 5.69. The lowest BCUT2D eigenvalue weighted by atomic mass is 9.90. The molecule has 0 spiro atoms. The lowest BCUT2D eigenvalue weighted by Crippen LogP contribution is -2.10. The Balaban J connectivity index is 2.38. The number of halogens is 3. The van der Waals surface area contributed by atoms with Crippen molar-refractivity contribution in [2.24, 2.45) is 11.0 Å². The first-order valence-corrected chi connectivity index (χ1v) is 7.53. The summed E-state index contributed by atoms with van der Waals surface area (Å²) in [5, 5.41) is 25.9. The van der Waals surface area contributed by atoms with Crippen molar-refractivity contribution in [3.63, 3.8) is 0 Å². The van der Waals surface area contributed by atoms with E-state index in [2.05, 4.69) is 10.5 Å². The summed E-state index contributed by atoms with van der Waals surface area (Å²) in [6.07, 6.45) is 1.43. The third-order valence-corrected chi connectivity index (χ3v) is 3.93. The molecule has 136 valence electrons. The fourth-order valence-corrected chi connectivity index (χ4v) is 2.67. The number of benzene rings is 1. The third-order valence-electron chi connectivity index (χ3n) is 3.93. The Hall–Kier alpha value is -2.72. The summed E-state index contributed by atoms with van der Waals surface area (Å²) in [6.45, 7) is 0.